The number of hydrogen-bond acceptors (Lipinski definition) is 3. The van der Waals surface area contributed by atoms with E-state index in [1.807, 2.05) is 11.3 Å². The van der Waals surface area contributed by atoms with Crippen LogP contribution in [0.1, 0.15) is 64.1 Å². The van der Waals surface area contributed by atoms with Crippen molar-refractivity contribution in [3.8, 4) is 0 Å². The van der Waals surface area contributed by atoms with E-state index in [0.29, 0.717) is 12.0 Å². The number of aromatic nitrogens is 1. The number of hydrogen-bond donors (Lipinski definition) is 1. The highest BCUT2D eigenvalue weighted by Crippen LogP contribution is 2.47. The van der Waals surface area contributed by atoms with E-state index in [1.165, 1.54) is 23.5 Å². The zero-order valence-electron chi connectivity index (χ0n) is 11.6. The minimum Gasteiger partial charge on any atom is -0.303 e. The fourth-order valence-corrected chi connectivity index (χ4v) is 3.97. The van der Waals surface area contributed by atoms with Crippen molar-refractivity contribution in [3.63, 3.8) is 0 Å². The van der Waals surface area contributed by atoms with Crippen LogP contribution < -0.4 is 5.32 Å². The molecule has 2 nitrogen and oxygen atoms in total. The van der Waals surface area contributed by atoms with Crippen LogP contribution in [-0.4, -0.2) is 11.0 Å². The Morgan fingerprint density at radius 2 is 2.00 bits per heavy atom. The van der Waals surface area contributed by atoms with Gasteiger partial charge in [0, 0.05) is 11.4 Å². The lowest BCUT2D eigenvalue weighted by Crippen LogP contribution is -2.54. The van der Waals surface area contributed by atoms with Crippen molar-refractivity contribution < 1.29 is 0 Å². The minimum absolute atomic E-state index is 0.172. The molecule has 1 aliphatic carbocycles. The predicted molar refractivity (Wildman–Crippen MR) is 74.6 cm³/mol. The monoisotopic (exact) mass is 252 g/mol. The molecule has 0 radical (unpaired) electrons. The highest BCUT2D eigenvalue weighted by Gasteiger charge is 2.45. The molecule has 1 aromatic rings. The van der Waals surface area contributed by atoms with Gasteiger partial charge in [-0.15, -0.1) is 11.3 Å². The lowest BCUT2D eigenvalue weighted by Gasteiger charge is -2.47. The summed E-state index contributed by atoms with van der Waals surface area (Å²) >= 11 is 1.83. The van der Waals surface area contributed by atoms with Crippen LogP contribution in [0, 0.1) is 5.92 Å². The quantitative estimate of drug-likeness (QED) is 0.879. The predicted octanol–water partition coefficient (Wildman–Crippen LogP) is 3.89. The Morgan fingerprint density at radius 1 is 1.35 bits per heavy atom. The van der Waals surface area contributed by atoms with Gasteiger partial charge in [-0.05, 0) is 38.5 Å². The highest BCUT2D eigenvalue weighted by atomic mass is 32.1. The summed E-state index contributed by atoms with van der Waals surface area (Å²) in [5.74, 6) is 1.36. The second-order valence-corrected chi connectivity index (χ2v) is 6.98. The molecule has 1 fully saturated rings. The van der Waals surface area contributed by atoms with E-state index in [2.05, 4.69) is 45.3 Å². The largest absolute Gasteiger partial charge is 0.303 e. The Morgan fingerprint density at radius 3 is 2.41 bits per heavy atom. The van der Waals surface area contributed by atoms with Crippen LogP contribution in [0.25, 0.3) is 0 Å². The maximum absolute atomic E-state index is 4.85. The number of rotatable bonds is 4. The molecule has 1 aromatic heterocycles. The molecule has 1 heterocycles. The second-order valence-electron chi connectivity index (χ2n) is 6.13. The first-order valence-electron chi connectivity index (χ1n) is 6.66. The van der Waals surface area contributed by atoms with E-state index in [1.54, 1.807) is 0 Å². The van der Waals surface area contributed by atoms with E-state index in [-0.39, 0.29) is 5.54 Å². The smallest absolute Gasteiger partial charge is 0.113 e. The molecule has 0 amide bonds. The van der Waals surface area contributed by atoms with Gasteiger partial charge >= 0.3 is 0 Å². The summed E-state index contributed by atoms with van der Waals surface area (Å²) in [5, 5.41) is 7.27. The molecule has 17 heavy (non-hydrogen) atoms. The molecule has 1 N–H and O–H groups in total. The van der Waals surface area contributed by atoms with Crippen LogP contribution >= 0.6 is 11.3 Å². The number of nitrogens with zero attached hydrogens (tertiary/aromatic N) is 1. The molecule has 0 spiro atoms. The van der Waals surface area contributed by atoms with Crippen molar-refractivity contribution >= 4 is 11.3 Å². The molecular formula is C14H24N2S. The van der Waals surface area contributed by atoms with Gasteiger partial charge in [0.05, 0.1) is 11.2 Å². The van der Waals surface area contributed by atoms with Crippen LogP contribution in [0.5, 0.6) is 0 Å². The SMILES string of the molecule is CC1CC(NC(C)C)(c2nc(C(C)C)cs2)C1. The van der Waals surface area contributed by atoms with E-state index >= 15 is 0 Å². The molecule has 0 bridgehead atoms. The van der Waals surface area contributed by atoms with E-state index in [0.717, 1.165) is 5.92 Å². The molecule has 0 saturated heterocycles. The molecule has 0 unspecified atom stereocenters. The zero-order chi connectivity index (χ0) is 12.6. The lowest BCUT2D eigenvalue weighted by atomic mass is 9.69. The van der Waals surface area contributed by atoms with Gasteiger partial charge in [0.15, 0.2) is 0 Å². The Balaban J connectivity index is 2.21. The van der Waals surface area contributed by atoms with Crippen LogP contribution in [0.3, 0.4) is 0 Å². The molecule has 1 aliphatic rings. The van der Waals surface area contributed by atoms with Gasteiger partial charge in [-0.25, -0.2) is 4.98 Å². The molecule has 3 heteroatoms. The van der Waals surface area contributed by atoms with Crippen LogP contribution in [-0.2, 0) is 5.54 Å². The summed E-state index contributed by atoms with van der Waals surface area (Å²) in [6.45, 7) is 11.2. The summed E-state index contributed by atoms with van der Waals surface area (Å²) in [6, 6.07) is 0.522. The molecule has 96 valence electrons. The summed E-state index contributed by atoms with van der Waals surface area (Å²) in [4.78, 5) is 4.85. The Hall–Kier alpha value is -0.410. The standard InChI is InChI=1S/C14H24N2S/c1-9(2)12-8-17-13(15-12)14(16-10(3)4)6-11(5)7-14/h8-11,16H,6-7H2,1-5H3. The summed E-state index contributed by atoms with van der Waals surface area (Å²) in [6.07, 6.45) is 2.46. The van der Waals surface area contributed by atoms with Crippen molar-refractivity contribution in [2.24, 2.45) is 5.92 Å². The van der Waals surface area contributed by atoms with Gasteiger partial charge in [0.2, 0.25) is 0 Å². The highest BCUT2D eigenvalue weighted by molar-refractivity contribution is 7.09. The molecule has 1 saturated carbocycles. The van der Waals surface area contributed by atoms with Crippen molar-refractivity contribution in [3.05, 3.63) is 16.1 Å². The first-order valence-corrected chi connectivity index (χ1v) is 7.54. The minimum atomic E-state index is 0.172. The van der Waals surface area contributed by atoms with Gasteiger partial charge in [-0.2, -0.15) is 0 Å². The molecule has 0 aliphatic heterocycles. The zero-order valence-corrected chi connectivity index (χ0v) is 12.4. The fraction of sp³-hybridized carbons (Fsp3) is 0.786. The molecule has 2 rings (SSSR count). The topological polar surface area (TPSA) is 24.9 Å². The van der Waals surface area contributed by atoms with Crippen molar-refractivity contribution in [1.29, 1.82) is 0 Å². The molecular weight excluding hydrogens is 228 g/mol. The summed E-state index contributed by atoms with van der Waals surface area (Å²) in [7, 11) is 0. The van der Waals surface area contributed by atoms with Gasteiger partial charge in [0.25, 0.3) is 0 Å². The maximum Gasteiger partial charge on any atom is 0.113 e. The van der Waals surface area contributed by atoms with Crippen LogP contribution in [0.15, 0.2) is 5.38 Å². The van der Waals surface area contributed by atoms with Gasteiger partial charge in [-0.3, -0.25) is 0 Å². The van der Waals surface area contributed by atoms with Crippen molar-refractivity contribution in [2.45, 2.75) is 65.0 Å². The van der Waals surface area contributed by atoms with E-state index < -0.39 is 0 Å². The Bertz CT molecular complexity index is 375. The summed E-state index contributed by atoms with van der Waals surface area (Å²) < 4.78 is 0. The average molecular weight is 252 g/mol. The first-order chi connectivity index (χ1) is 7.93. The average Bonchev–Trinajstić information content (AvgIpc) is 2.62. The van der Waals surface area contributed by atoms with E-state index in [4.69, 9.17) is 4.98 Å². The Kier molecular flexibility index (Phi) is 3.60. The molecule has 0 aromatic carbocycles. The third kappa shape index (κ3) is 2.55. The molecule has 0 atom stereocenters. The maximum atomic E-state index is 4.85. The van der Waals surface area contributed by atoms with Crippen LogP contribution in [0.4, 0.5) is 0 Å². The fourth-order valence-electron chi connectivity index (χ4n) is 2.81. The van der Waals surface area contributed by atoms with Gasteiger partial charge < -0.3 is 5.32 Å². The first kappa shape index (κ1) is 13.0. The Labute approximate surface area is 109 Å². The van der Waals surface area contributed by atoms with Gasteiger partial charge in [0.1, 0.15) is 5.01 Å². The van der Waals surface area contributed by atoms with Crippen LogP contribution in [0.2, 0.25) is 0 Å². The third-order valence-electron chi connectivity index (χ3n) is 3.48. The normalized spacial score (nSPS) is 28.8. The van der Waals surface area contributed by atoms with Crippen molar-refractivity contribution in [2.75, 3.05) is 0 Å². The third-order valence-corrected chi connectivity index (χ3v) is 4.55. The lowest BCUT2D eigenvalue weighted by molar-refractivity contribution is 0.104. The van der Waals surface area contributed by atoms with Gasteiger partial charge in [-0.1, -0.05) is 20.8 Å². The van der Waals surface area contributed by atoms with Crippen molar-refractivity contribution in [1.82, 2.24) is 10.3 Å². The number of nitrogens with one attached hydrogen (secondary N) is 1. The number of thiazole rings is 1. The summed E-state index contributed by atoms with van der Waals surface area (Å²) in [5.41, 5.74) is 1.42. The van der Waals surface area contributed by atoms with E-state index in [9.17, 15) is 0 Å². The second kappa shape index (κ2) is 4.69.